The number of imide groups is 1. The number of carbonyl (C=O) groups is 4. The van der Waals surface area contributed by atoms with Gasteiger partial charge in [-0.1, -0.05) is 12.1 Å². The van der Waals surface area contributed by atoms with E-state index in [1.165, 1.54) is 6.92 Å². The number of esters is 1. The maximum atomic E-state index is 12.3. The van der Waals surface area contributed by atoms with Gasteiger partial charge in [-0.2, -0.15) is 5.10 Å². The van der Waals surface area contributed by atoms with Crippen LogP contribution >= 0.6 is 0 Å². The molecule has 0 saturated carbocycles. The SMILES string of the molecule is CC(OC(=O)CCN1C(=O)c2ccccc2C1=O)C(=O)Nc1ccnn1C(C)C. The van der Waals surface area contributed by atoms with Crippen LogP contribution in [-0.4, -0.2) is 51.0 Å². The molecule has 0 aliphatic carbocycles. The average Bonchev–Trinajstić information content (AvgIpc) is 3.24. The Kier molecular flexibility index (Phi) is 5.76. The van der Waals surface area contributed by atoms with Crippen LogP contribution in [0.4, 0.5) is 5.82 Å². The number of anilines is 1. The van der Waals surface area contributed by atoms with Crippen molar-refractivity contribution in [2.45, 2.75) is 39.3 Å². The number of benzene rings is 1. The van der Waals surface area contributed by atoms with Crippen molar-refractivity contribution in [2.75, 3.05) is 11.9 Å². The van der Waals surface area contributed by atoms with Crippen LogP contribution in [0, 0.1) is 0 Å². The molecule has 29 heavy (non-hydrogen) atoms. The highest BCUT2D eigenvalue weighted by molar-refractivity contribution is 6.21. The smallest absolute Gasteiger partial charge is 0.308 e. The summed E-state index contributed by atoms with van der Waals surface area (Å²) in [5.74, 6) is -1.56. The third kappa shape index (κ3) is 4.18. The Morgan fingerprint density at radius 1 is 1.07 bits per heavy atom. The zero-order valence-corrected chi connectivity index (χ0v) is 16.4. The van der Waals surface area contributed by atoms with Crippen LogP contribution < -0.4 is 5.32 Å². The lowest BCUT2D eigenvalue weighted by atomic mass is 10.1. The van der Waals surface area contributed by atoms with Crippen molar-refractivity contribution < 1.29 is 23.9 Å². The van der Waals surface area contributed by atoms with Gasteiger partial charge in [0.25, 0.3) is 17.7 Å². The van der Waals surface area contributed by atoms with E-state index < -0.39 is 29.8 Å². The molecule has 1 aliphatic heterocycles. The Morgan fingerprint density at radius 2 is 1.69 bits per heavy atom. The van der Waals surface area contributed by atoms with Crippen LogP contribution in [0.3, 0.4) is 0 Å². The molecule has 0 radical (unpaired) electrons. The van der Waals surface area contributed by atoms with E-state index in [1.807, 2.05) is 13.8 Å². The number of ether oxygens (including phenoxy) is 1. The standard InChI is InChI=1S/C20H22N4O5/c1-12(2)24-16(8-10-21-24)22-18(26)13(3)29-17(25)9-11-23-19(27)14-6-4-5-7-15(14)20(23)28/h4-8,10,12-13H,9,11H2,1-3H3,(H,22,26). The summed E-state index contributed by atoms with van der Waals surface area (Å²) in [5, 5.41) is 6.78. The van der Waals surface area contributed by atoms with E-state index in [1.54, 1.807) is 41.2 Å². The summed E-state index contributed by atoms with van der Waals surface area (Å²) < 4.78 is 6.77. The van der Waals surface area contributed by atoms with Gasteiger partial charge in [-0.15, -0.1) is 0 Å². The summed E-state index contributed by atoms with van der Waals surface area (Å²) in [7, 11) is 0. The maximum absolute atomic E-state index is 12.3. The van der Waals surface area contributed by atoms with Gasteiger partial charge in [-0.25, -0.2) is 4.68 Å². The molecule has 3 amide bonds. The number of nitrogens with one attached hydrogen (secondary N) is 1. The summed E-state index contributed by atoms with van der Waals surface area (Å²) in [6.45, 7) is 5.18. The Balaban J connectivity index is 1.52. The third-order valence-corrected chi connectivity index (χ3v) is 4.51. The van der Waals surface area contributed by atoms with E-state index in [-0.39, 0.29) is 19.0 Å². The molecule has 152 valence electrons. The molecule has 1 aliphatic rings. The largest absolute Gasteiger partial charge is 0.452 e. The van der Waals surface area contributed by atoms with Crippen molar-refractivity contribution >= 4 is 29.5 Å². The lowest BCUT2D eigenvalue weighted by Crippen LogP contribution is -2.34. The molecule has 1 aromatic heterocycles. The molecule has 2 heterocycles. The average molecular weight is 398 g/mol. The molecule has 1 unspecified atom stereocenters. The minimum Gasteiger partial charge on any atom is -0.452 e. The van der Waals surface area contributed by atoms with Crippen molar-refractivity contribution in [1.82, 2.24) is 14.7 Å². The predicted octanol–water partition coefficient (Wildman–Crippen LogP) is 2.02. The highest BCUT2D eigenvalue weighted by atomic mass is 16.5. The normalized spacial score (nSPS) is 14.1. The van der Waals surface area contributed by atoms with Crippen LogP contribution in [-0.2, 0) is 14.3 Å². The summed E-state index contributed by atoms with van der Waals surface area (Å²) in [5.41, 5.74) is 0.640. The first kappa shape index (κ1) is 20.2. The van der Waals surface area contributed by atoms with Gasteiger partial charge in [-0.3, -0.25) is 24.1 Å². The van der Waals surface area contributed by atoms with Crippen LogP contribution in [0.15, 0.2) is 36.5 Å². The molecule has 0 fully saturated rings. The first-order chi connectivity index (χ1) is 13.8. The molecule has 0 bridgehead atoms. The lowest BCUT2D eigenvalue weighted by molar-refractivity contribution is -0.153. The number of hydrogen-bond acceptors (Lipinski definition) is 6. The van der Waals surface area contributed by atoms with Gasteiger partial charge in [0.1, 0.15) is 5.82 Å². The molecule has 1 aromatic carbocycles. The van der Waals surface area contributed by atoms with Crippen molar-refractivity contribution in [2.24, 2.45) is 0 Å². The van der Waals surface area contributed by atoms with Gasteiger partial charge in [0.15, 0.2) is 6.10 Å². The fraction of sp³-hybridized carbons (Fsp3) is 0.350. The van der Waals surface area contributed by atoms with Crippen LogP contribution in [0.2, 0.25) is 0 Å². The van der Waals surface area contributed by atoms with Gasteiger partial charge in [0, 0.05) is 18.7 Å². The predicted molar refractivity (Wildman–Crippen MR) is 103 cm³/mol. The topological polar surface area (TPSA) is 111 Å². The Bertz CT molecular complexity index is 930. The third-order valence-electron chi connectivity index (χ3n) is 4.51. The minimum atomic E-state index is -1.04. The second kappa shape index (κ2) is 8.26. The summed E-state index contributed by atoms with van der Waals surface area (Å²) >= 11 is 0. The number of fused-ring (bicyclic) bond motifs is 1. The summed E-state index contributed by atoms with van der Waals surface area (Å²) in [6.07, 6.45) is 0.321. The molecule has 9 nitrogen and oxygen atoms in total. The van der Waals surface area contributed by atoms with E-state index in [0.29, 0.717) is 16.9 Å². The summed E-state index contributed by atoms with van der Waals surface area (Å²) in [4.78, 5) is 50.0. The minimum absolute atomic E-state index is 0.0535. The van der Waals surface area contributed by atoms with E-state index in [0.717, 1.165) is 4.90 Å². The second-order valence-corrected chi connectivity index (χ2v) is 6.93. The quantitative estimate of drug-likeness (QED) is 0.564. The van der Waals surface area contributed by atoms with Gasteiger partial charge in [0.2, 0.25) is 0 Å². The van der Waals surface area contributed by atoms with Gasteiger partial charge in [-0.05, 0) is 32.9 Å². The fourth-order valence-corrected chi connectivity index (χ4v) is 3.01. The second-order valence-electron chi connectivity index (χ2n) is 6.93. The number of nitrogens with zero attached hydrogens (tertiary/aromatic N) is 3. The number of carbonyl (C=O) groups excluding carboxylic acids is 4. The highest BCUT2D eigenvalue weighted by Crippen LogP contribution is 2.22. The Labute approximate surface area is 167 Å². The molecule has 9 heteroatoms. The van der Waals surface area contributed by atoms with Crippen LogP contribution in [0.25, 0.3) is 0 Å². The summed E-state index contributed by atoms with van der Waals surface area (Å²) in [6, 6.07) is 8.19. The monoisotopic (exact) mass is 398 g/mol. The molecule has 3 rings (SSSR count). The maximum Gasteiger partial charge on any atom is 0.308 e. The lowest BCUT2D eigenvalue weighted by Gasteiger charge is -2.17. The van der Waals surface area contributed by atoms with Crippen molar-refractivity contribution in [1.29, 1.82) is 0 Å². The number of hydrogen-bond donors (Lipinski definition) is 1. The first-order valence-electron chi connectivity index (χ1n) is 9.28. The van der Waals surface area contributed by atoms with Crippen molar-refractivity contribution in [3.05, 3.63) is 47.7 Å². The Hall–Kier alpha value is -3.49. The molecule has 0 saturated heterocycles. The molecule has 0 spiro atoms. The van der Waals surface area contributed by atoms with Crippen LogP contribution in [0.1, 0.15) is 53.9 Å². The fourth-order valence-electron chi connectivity index (χ4n) is 3.01. The zero-order chi connectivity index (χ0) is 21.1. The van der Waals surface area contributed by atoms with Gasteiger partial charge >= 0.3 is 5.97 Å². The van der Waals surface area contributed by atoms with E-state index in [2.05, 4.69) is 10.4 Å². The van der Waals surface area contributed by atoms with Crippen molar-refractivity contribution in [3.8, 4) is 0 Å². The molecular weight excluding hydrogens is 376 g/mol. The highest BCUT2D eigenvalue weighted by Gasteiger charge is 2.35. The molecular formula is C20H22N4O5. The molecule has 1 N–H and O–H groups in total. The number of aromatic nitrogens is 2. The zero-order valence-electron chi connectivity index (χ0n) is 16.4. The molecule has 1 atom stereocenters. The van der Waals surface area contributed by atoms with E-state index in [4.69, 9.17) is 4.74 Å². The van der Waals surface area contributed by atoms with Crippen LogP contribution in [0.5, 0.6) is 0 Å². The molecule has 2 aromatic rings. The van der Waals surface area contributed by atoms with E-state index >= 15 is 0 Å². The van der Waals surface area contributed by atoms with E-state index in [9.17, 15) is 19.2 Å². The van der Waals surface area contributed by atoms with Gasteiger partial charge in [0.05, 0.1) is 23.7 Å². The first-order valence-corrected chi connectivity index (χ1v) is 9.28. The Morgan fingerprint density at radius 3 is 2.28 bits per heavy atom. The van der Waals surface area contributed by atoms with Gasteiger partial charge < -0.3 is 10.1 Å². The number of rotatable bonds is 7. The van der Waals surface area contributed by atoms with Crippen molar-refractivity contribution in [3.63, 3.8) is 0 Å². The number of amides is 3.